The van der Waals surface area contributed by atoms with Gasteiger partial charge in [-0.3, -0.25) is 9.59 Å². The number of benzene rings is 1. The van der Waals surface area contributed by atoms with Crippen LogP contribution in [0.5, 0.6) is 0 Å². The summed E-state index contributed by atoms with van der Waals surface area (Å²) in [5.41, 5.74) is 1.87. The summed E-state index contributed by atoms with van der Waals surface area (Å²) < 4.78 is 7.42. The quantitative estimate of drug-likeness (QED) is 0.670. The highest BCUT2D eigenvalue weighted by Crippen LogP contribution is 2.18. The zero-order valence-corrected chi connectivity index (χ0v) is 16.8. The number of imidazole rings is 1. The van der Waals surface area contributed by atoms with Gasteiger partial charge < -0.3 is 19.5 Å². The van der Waals surface area contributed by atoms with Gasteiger partial charge in [0.25, 0.3) is 0 Å². The molecular formula is C21H30N4O3. The van der Waals surface area contributed by atoms with Gasteiger partial charge in [-0.2, -0.15) is 0 Å². The van der Waals surface area contributed by atoms with Gasteiger partial charge in [0.15, 0.2) is 0 Å². The van der Waals surface area contributed by atoms with E-state index < -0.39 is 0 Å². The van der Waals surface area contributed by atoms with Crippen molar-refractivity contribution in [1.82, 2.24) is 19.8 Å². The Hall–Kier alpha value is -2.41. The normalized spacial score (nSPS) is 16.4. The maximum atomic E-state index is 12.6. The molecular weight excluding hydrogens is 356 g/mol. The predicted molar refractivity (Wildman–Crippen MR) is 108 cm³/mol. The molecule has 1 atom stereocenters. The van der Waals surface area contributed by atoms with Crippen molar-refractivity contribution >= 4 is 22.8 Å². The van der Waals surface area contributed by atoms with Crippen molar-refractivity contribution < 1.29 is 14.3 Å². The summed E-state index contributed by atoms with van der Waals surface area (Å²) >= 11 is 0. The van der Waals surface area contributed by atoms with Crippen molar-refractivity contribution in [3.8, 4) is 0 Å². The third kappa shape index (κ3) is 4.70. The Balaban J connectivity index is 1.64. The van der Waals surface area contributed by atoms with E-state index in [1.807, 2.05) is 47.6 Å². The number of hydrogen-bond donors (Lipinski definition) is 1. The third-order valence-corrected chi connectivity index (χ3v) is 5.24. The van der Waals surface area contributed by atoms with Crippen molar-refractivity contribution in [2.75, 3.05) is 26.2 Å². The number of fused-ring (bicyclic) bond motifs is 1. The first kappa shape index (κ1) is 20.3. The van der Waals surface area contributed by atoms with Gasteiger partial charge >= 0.3 is 0 Å². The van der Waals surface area contributed by atoms with Crippen LogP contribution >= 0.6 is 0 Å². The second-order valence-corrected chi connectivity index (χ2v) is 7.07. The van der Waals surface area contributed by atoms with Crippen molar-refractivity contribution in [3.63, 3.8) is 0 Å². The molecule has 1 saturated heterocycles. The van der Waals surface area contributed by atoms with E-state index in [4.69, 9.17) is 9.72 Å². The lowest BCUT2D eigenvalue weighted by molar-refractivity contribution is -0.131. The highest BCUT2D eigenvalue weighted by molar-refractivity contribution is 5.81. The summed E-state index contributed by atoms with van der Waals surface area (Å²) in [6.07, 6.45) is 2.92. The van der Waals surface area contributed by atoms with Gasteiger partial charge in [-0.25, -0.2) is 4.98 Å². The van der Waals surface area contributed by atoms with Crippen molar-refractivity contribution in [1.29, 1.82) is 0 Å². The lowest BCUT2D eigenvalue weighted by atomic mass is 10.2. The number of carbonyl (C=O) groups excluding carboxylic acids is 2. The average molecular weight is 386 g/mol. The number of para-hydroxylation sites is 2. The summed E-state index contributed by atoms with van der Waals surface area (Å²) in [4.78, 5) is 31.2. The number of ether oxygens (including phenoxy) is 1. The molecule has 3 rings (SSSR count). The van der Waals surface area contributed by atoms with Gasteiger partial charge in [0.2, 0.25) is 11.8 Å². The summed E-state index contributed by atoms with van der Waals surface area (Å²) in [6.45, 7) is 6.92. The number of hydrogen-bond acceptors (Lipinski definition) is 4. The molecule has 2 heterocycles. The molecule has 1 unspecified atom stereocenters. The van der Waals surface area contributed by atoms with E-state index in [2.05, 4.69) is 5.32 Å². The molecule has 1 aliphatic rings. The van der Waals surface area contributed by atoms with Gasteiger partial charge in [0.1, 0.15) is 18.5 Å². The number of nitrogens with one attached hydrogen (secondary N) is 1. The zero-order chi connectivity index (χ0) is 19.9. The van der Waals surface area contributed by atoms with Crippen LogP contribution in [0.1, 0.15) is 38.9 Å². The fourth-order valence-corrected chi connectivity index (χ4v) is 3.66. The van der Waals surface area contributed by atoms with Crippen molar-refractivity contribution in [2.24, 2.45) is 0 Å². The van der Waals surface area contributed by atoms with E-state index in [9.17, 15) is 9.59 Å². The smallest absolute Gasteiger partial charge is 0.249 e. The lowest BCUT2D eigenvalue weighted by Crippen LogP contribution is -2.35. The molecule has 2 amide bonds. The Labute approximate surface area is 166 Å². The highest BCUT2D eigenvalue weighted by Gasteiger charge is 2.23. The molecule has 0 radical (unpaired) electrons. The molecule has 7 heteroatoms. The lowest BCUT2D eigenvalue weighted by Gasteiger charge is -2.20. The molecule has 7 nitrogen and oxygen atoms in total. The van der Waals surface area contributed by atoms with Crippen LogP contribution in [0.15, 0.2) is 24.3 Å². The molecule has 1 N–H and O–H groups in total. The first-order valence-corrected chi connectivity index (χ1v) is 10.2. The molecule has 1 aromatic carbocycles. The Morgan fingerprint density at radius 1 is 1.29 bits per heavy atom. The minimum absolute atomic E-state index is 0.0253. The van der Waals surface area contributed by atoms with Crippen molar-refractivity contribution in [2.45, 2.75) is 52.2 Å². The number of rotatable bonds is 9. The summed E-state index contributed by atoms with van der Waals surface area (Å²) in [6, 6.07) is 7.89. The van der Waals surface area contributed by atoms with Crippen LogP contribution in [0.25, 0.3) is 11.0 Å². The number of nitrogens with zero attached hydrogens (tertiary/aromatic N) is 3. The third-order valence-electron chi connectivity index (χ3n) is 5.24. The Bertz CT molecular complexity index is 807. The van der Waals surface area contributed by atoms with Crippen LogP contribution in [0.4, 0.5) is 0 Å². The van der Waals surface area contributed by atoms with Crippen LogP contribution in [-0.4, -0.2) is 58.6 Å². The minimum atomic E-state index is -0.295. The van der Waals surface area contributed by atoms with E-state index in [0.29, 0.717) is 39.2 Å². The van der Waals surface area contributed by atoms with Gasteiger partial charge in [-0.05, 0) is 45.2 Å². The standard InChI is InChI=1S/C21H30N4O3/c1-3-24(4-2)20(26)15-25-17-10-6-5-9-16(17)23-19(25)12-7-13-22-21(27)18-11-8-14-28-18/h5-6,9-10,18H,3-4,7-8,11-15H2,1-2H3,(H,22,27). The fraction of sp³-hybridized carbons (Fsp3) is 0.571. The molecule has 152 valence electrons. The largest absolute Gasteiger partial charge is 0.368 e. The number of aryl methyl sites for hydroxylation is 1. The Morgan fingerprint density at radius 3 is 2.79 bits per heavy atom. The highest BCUT2D eigenvalue weighted by atomic mass is 16.5. The topological polar surface area (TPSA) is 76.5 Å². The Kier molecular flexibility index (Phi) is 7.03. The summed E-state index contributed by atoms with van der Waals surface area (Å²) in [7, 11) is 0. The second-order valence-electron chi connectivity index (χ2n) is 7.07. The monoisotopic (exact) mass is 386 g/mol. The van der Waals surface area contributed by atoms with Crippen LogP contribution in [0.3, 0.4) is 0 Å². The molecule has 1 fully saturated rings. The van der Waals surface area contributed by atoms with Crippen LogP contribution in [-0.2, 0) is 27.3 Å². The van der Waals surface area contributed by atoms with Crippen LogP contribution < -0.4 is 5.32 Å². The predicted octanol–water partition coefficient (Wildman–Crippen LogP) is 2.13. The zero-order valence-electron chi connectivity index (χ0n) is 16.8. The molecule has 0 saturated carbocycles. The number of likely N-dealkylation sites (N-methyl/N-ethyl adjacent to an activating group) is 1. The van der Waals surface area contributed by atoms with E-state index in [1.165, 1.54) is 0 Å². The van der Waals surface area contributed by atoms with Gasteiger partial charge in [-0.15, -0.1) is 0 Å². The number of aromatic nitrogens is 2. The van der Waals surface area contributed by atoms with E-state index in [-0.39, 0.29) is 17.9 Å². The van der Waals surface area contributed by atoms with E-state index in [0.717, 1.165) is 36.1 Å². The van der Waals surface area contributed by atoms with Crippen molar-refractivity contribution in [3.05, 3.63) is 30.1 Å². The fourth-order valence-electron chi connectivity index (χ4n) is 3.66. The number of carbonyl (C=O) groups is 2. The summed E-state index contributed by atoms with van der Waals surface area (Å²) in [5, 5.41) is 2.95. The van der Waals surface area contributed by atoms with Gasteiger partial charge in [-0.1, -0.05) is 12.1 Å². The Morgan fingerprint density at radius 2 is 2.07 bits per heavy atom. The van der Waals surface area contributed by atoms with Crippen LogP contribution in [0.2, 0.25) is 0 Å². The van der Waals surface area contributed by atoms with Crippen LogP contribution in [0, 0.1) is 0 Å². The first-order chi connectivity index (χ1) is 13.6. The molecule has 1 aromatic heterocycles. The molecule has 28 heavy (non-hydrogen) atoms. The maximum Gasteiger partial charge on any atom is 0.249 e. The molecule has 0 spiro atoms. The SMILES string of the molecule is CCN(CC)C(=O)Cn1c(CCCNC(=O)C2CCCO2)nc2ccccc21. The second kappa shape index (κ2) is 9.68. The summed E-state index contributed by atoms with van der Waals surface area (Å²) in [5.74, 6) is 0.955. The molecule has 2 aromatic rings. The molecule has 0 aliphatic carbocycles. The van der Waals surface area contributed by atoms with E-state index in [1.54, 1.807) is 0 Å². The van der Waals surface area contributed by atoms with Gasteiger partial charge in [0.05, 0.1) is 11.0 Å². The molecule has 1 aliphatic heterocycles. The minimum Gasteiger partial charge on any atom is -0.368 e. The van der Waals surface area contributed by atoms with E-state index >= 15 is 0 Å². The van der Waals surface area contributed by atoms with Gasteiger partial charge in [0, 0.05) is 32.7 Å². The maximum absolute atomic E-state index is 12.6. The number of amides is 2. The average Bonchev–Trinajstić information content (AvgIpc) is 3.35. The molecule has 0 bridgehead atoms. The first-order valence-electron chi connectivity index (χ1n) is 10.2.